The Morgan fingerprint density at radius 2 is 2.13 bits per heavy atom. The van der Waals surface area contributed by atoms with E-state index in [1.807, 2.05) is 0 Å². The van der Waals surface area contributed by atoms with Crippen molar-refractivity contribution in [1.29, 1.82) is 0 Å². The molecule has 1 aromatic carbocycles. The van der Waals surface area contributed by atoms with Crippen LogP contribution in [0.4, 0.5) is 10.1 Å². The Hall–Kier alpha value is -1.82. The van der Waals surface area contributed by atoms with Gasteiger partial charge in [0.2, 0.25) is 5.82 Å². The van der Waals surface area contributed by atoms with Gasteiger partial charge in [0.1, 0.15) is 5.56 Å². The highest BCUT2D eigenvalue weighted by Crippen LogP contribution is 2.26. The van der Waals surface area contributed by atoms with Crippen LogP contribution in [0.25, 0.3) is 0 Å². The topological polar surface area (TPSA) is 77.3 Å². The zero-order valence-electron chi connectivity index (χ0n) is 7.07. The van der Waals surface area contributed by atoms with Gasteiger partial charge in [0, 0.05) is 5.56 Å². The van der Waals surface area contributed by atoms with Crippen molar-refractivity contribution in [2.75, 3.05) is 0 Å². The average Bonchev–Trinajstić information content (AvgIpc) is 2.16. The molecule has 15 heavy (non-hydrogen) atoms. The molecule has 0 amide bonds. The molecule has 5 nitrogen and oxygen atoms in total. The van der Waals surface area contributed by atoms with Crippen LogP contribution in [0.3, 0.4) is 0 Å². The summed E-state index contributed by atoms with van der Waals surface area (Å²) in [5.74, 6) is -1.21. The van der Waals surface area contributed by atoms with Gasteiger partial charge in [0.25, 0.3) is 5.24 Å². The van der Waals surface area contributed by atoms with E-state index in [1.165, 1.54) is 0 Å². The van der Waals surface area contributed by atoms with Gasteiger partial charge in [-0.1, -0.05) is 0 Å². The van der Waals surface area contributed by atoms with Crippen LogP contribution in [-0.4, -0.2) is 16.5 Å². The normalized spacial score (nSPS) is 9.73. The predicted octanol–water partition coefficient (Wildman–Crippen LogP) is 1.93. The smallest absolute Gasteiger partial charge is 0.298 e. The largest absolute Gasteiger partial charge is 0.317 e. The molecular formula is C8H3ClFNO4. The predicted molar refractivity (Wildman–Crippen MR) is 48.6 cm³/mol. The van der Waals surface area contributed by atoms with Crippen molar-refractivity contribution in [2.45, 2.75) is 0 Å². The van der Waals surface area contributed by atoms with E-state index in [4.69, 9.17) is 11.6 Å². The van der Waals surface area contributed by atoms with Crippen molar-refractivity contribution >= 4 is 28.8 Å². The van der Waals surface area contributed by atoms with E-state index >= 15 is 0 Å². The maximum atomic E-state index is 13.0. The van der Waals surface area contributed by atoms with Gasteiger partial charge in [-0.25, -0.2) is 0 Å². The molecule has 7 heteroatoms. The lowest BCUT2D eigenvalue weighted by atomic mass is 10.1. The van der Waals surface area contributed by atoms with Gasteiger partial charge in [-0.05, 0) is 23.7 Å². The summed E-state index contributed by atoms with van der Waals surface area (Å²) >= 11 is 5.04. The first-order chi connectivity index (χ1) is 6.99. The van der Waals surface area contributed by atoms with E-state index in [2.05, 4.69) is 0 Å². The first-order valence-electron chi connectivity index (χ1n) is 3.61. The lowest BCUT2D eigenvalue weighted by molar-refractivity contribution is -0.387. The number of nitrogens with zero attached hydrogens (tertiary/aromatic N) is 1. The van der Waals surface area contributed by atoms with Gasteiger partial charge in [-0.3, -0.25) is 19.7 Å². The third-order valence-corrected chi connectivity index (χ3v) is 1.86. The number of hydrogen-bond donors (Lipinski definition) is 0. The number of rotatable bonds is 3. The van der Waals surface area contributed by atoms with Crippen molar-refractivity contribution in [2.24, 2.45) is 0 Å². The van der Waals surface area contributed by atoms with E-state index in [0.717, 1.165) is 12.1 Å². The third-order valence-electron chi connectivity index (χ3n) is 1.67. The number of hydrogen-bond acceptors (Lipinski definition) is 4. The molecule has 0 aromatic heterocycles. The minimum atomic E-state index is -1.25. The van der Waals surface area contributed by atoms with Gasteiger partial charge in [-0.15, -0.1) is 0 Å². The van der Waals surface area contributed by atoms with Gasteiger partial charge in [-0.2, -0.15) is 4.39 Å². The monoisotopic (exact) mass is 231 g/mol. The van der Waals surface area contributed by atoms with Gasteiger partial charge in [0.05, 0.1) is 4.92 Å². The molecule has 0 radical (unpaired) electrons. The Morgan fingerprint density at radius 1 is 1.53 bits per heavy atom. The second kappa shape index (κ2) is 4.14. The Balaban J connectivity index is 3.65. The fourth-order valence-corrected chi connectivity index (χ4v) is 1.26. The molecule has 0 unspecified atom stereocenters. The molecule has 0 N–H and O–H groups in total. The first kappa shape index (κ1) is 11.3. The van der Waals surface area contributed by atoms with E-state index < -0.39 is 27.2 Å². The van der Waals surface area contributed by atoms with Crippen LogP contribution in [0.15, 0.2) is 12.1 Å². The number of nitro benzene ring substituents is 1. The summed E-state index contributed by atoms with van der Waals surface area (Å²) in [6, 6.07) is 1.68. The summed E-state index contributed by atoms with van der Waals surface area (Å²) in [5.41, 5.74) is -2.13. The van der Waals surface area contributed by atoms with Crippen LogP contribution >= 0.6 is 11.6 Å². The fraction of sp³-hybridized carbons (Fsp3) is 0. The van der Waals surface area contributed by atoms with Crippen LogP contribution in [0, 0.1) is 15.9 Å². The Bertz CT molecular complexity index is 460. The molecule has 0 bridgehead atoms. The maximum absolute atomic E-state index is 13.0. The minimum Gasteiger partial charge on any atom is -0.298 e. The Kier molecular flexibility index (Phi) is 3.11. The molecule has 0 saturated carbocycles. The average molecular weight is 232 g/mol. The summed E-state index contributed by atoms with van der Waals surface area (Å²) in [6.07, 6.45) is 0.196. The summed E-state index contributed by atoms with van der Waals surface area (Å²) in [7, 11) is 0. The molecule has 0 aliphatic heterocycles. The highest BCUT2D eigenvalue weighted by molar-refractivity contribution is 6.68. The number of halogens is 2. The number of benzene rings is 1. The Morgan fingerprint density at radius 3 is 2.53 bits per heavy atom. The van der Waals surface area contributed by atoms with Gasteiger partial charge in [0.15, 0.2) is 6.29 Å². The van der Waals surface area contributed by atoms with Crippen molar-refractivity contribution in [3.63, 3.8) is 0 Å². The number of carbonyl (C=O) groups is 2. The highest BCUT2D eigenvalue weighted by atomic mass is 35.5. The second-order valence-corrected chi connectivity index (χ2v) is 2.85. The molecule has 0 atom stereocenters. The Labute approximate surface area is 87.6 Å². The molecule has 0 aliphatic carbocycles. The third kappa shape index (κ3) is 1.99. The SMILES string of the molecule is O=Cc1ccc(F)c([N+](=O)[O-])c1C(=O)Cl. The molecule has 0 fully saturated rings. The van der Waals surface area contributed by atoms with Crippen molar-refractivity contribution in [3.8, 4) is 0 Å². The molecular weight excluding hydrogens is 229 g/mol. The molecule has 0 aliphatic rings. The van der Waals surface area contributed by atoms with Crippen LogP contribution in [-0.2, 0) is 0 Å². The molecule has 1 rings (SSSR count). The molecule has 0 spiro atoms. The maximum Gasteiger partial charge on any atom is 0.317 e. The standard InChI is InChI=1S/C8H3ClFNO4/c9-8(13)6-4(3-12)1-2-5(10)7(6)11(14)15/h1-3H. The summed E-state index contributed by atoms with van der Waals surface area (Å²) in [4.78, 5) is 30.7. The molecule has 0 heterocycles. The highest BCUT2D eigenvalue weighted by Gasteiger charge is 2.27. The van der Waals surface area contributed by atoms with Crippen LogP contribution in [0.2, 0.25) is 0 Å². The summed E-state index contributed by atoms with van der Waals surface area (Å²) in [6.45, 7) is 0. The van der Waals surface area contributed by atoms with E-state index in [0.29, 0.717) is 0 Å². The second-order valence-electron chi connectivity index (χ2n) is 2.51. The quantitative estimate of drug-likeness (QED) is 0.345. The van der Waals surface area contributed by atoms with E-state index in [-0.39, 0.29) is 11.8 Å². The van der Waals surface area contributed by atoms with Crippen LogP contribution in [0.5, 0.6) is 0 Å². The van der Waals surface area contributed by atoms with Crippen LogP contribution in [0.1, 0.15) is 20.7 Å². The summed E-state index contributed by atoms with van der Waals surface area (Å²) < 4.78 is 13.0. The van der Waals surface area contributed by atoms with Gasteiger partial charge < -0.3 is 0 Å². The number of carbonyl (C=O) groups excluding carboxylic acids is 2. The molecule has 0 saturated heterocycles. The fourth-order valence-electron chi connectivity index (χ4n) is 1.06. The molecule has 1 aromatic rings. The summed E-state index contributed by atoms with van der Waals surface area (Å²) in [5, 5.41) is 9.21. The zero-order chi connectivity index (χ0) is 11.6. The zero-order valence-corrected chi connectivity index (χ0v) is 7.82. The lowest BCUT2D eigenvalue weighted by Crippen LogP contribution is -2.05. The number of nitro groups is 1. The van der Waals surface area contributed by atoms with E-state index in [1.54, 1.807) is 0 Å². The minimum absolute atomic E-state index is 0.196. The number of aldehydes is 1. The van der Waals surface area contributed by atoms with Crippen LogP contribution < -0.4 is 0 Å². The lowest BCUT2D eigenvalue weighted by Gasteiger charge is -2.01. The van der Waals surface area contributed by atoms with E-state index in [9.17, 15) is 24.1 Å². The van der Waals surface area contributed by atoms with Crippen molar-refractivity contribution in [1.82, 2.24) is 0 Å². The van der Waals surface area contributed by atoms with Gasteiger partial charge >= 0.3 is 5.69 Å². The first-order valence-corrected chi connectivity index (χ1v) is 3.98. The van der Waals surface area contributed by atoms with Crippen molar-refractivity contribution in [3.05, 3.63) is 39.2 Å². The molecule has 78 valence electrons. The van der Waals surface area contributed by atoms with Crippen molar-refractivity contribution < 1.29 is 18.9 Å².